The molecule has 0 N–H and O–H groups in total. The molecule has 0 saturated carbocycles. The number of fused-ring (bicyclic) bond motifs is 9. The van der Waals surface area contributed by atoms with Crippen LogP contribution < -0.4 is 25.5 Å². The van der Waals surface area contributed by atoms with Crippen LogP contribution in [0.2, 0.25) is 0 Å². The minimum absolute atomic E-state index is 0.0201. The number of hydrogen-bond acceptors (Lipinski definition) is 3. The molecule has 3 heterocycles. The first kappa shape index (κ1) is 47.3. The van der Waals surface area contributed by atoms with E-state index in [1.807, 2.05) is 0 Å². The summed E-state index contributed by atoms with van der Waals surface area (Å²) < 4.78 is 2.87. The molecule has 1 aromatic heterocycles. The average Bonchev–Trinajstić information content (AvgIpc) is 3.66. The molecule has 0 bridgehead atoms. The van der Waals surface area contributed by atoms with Crippen molar-refractivity contribution >= 4 is 78.0 Å². The number of benzene rings is 6. The second-order valence-electron chi connectivity index (χ2n) is 27.6. The maximum absolute atomic E-state index is 2.79. The van der Waals surface area contributed by atoms with Crippen molar-refractivity contribution < 1.29 is 0 Å². The van der Waals surface area contributed by atoms with Crippen molar-refractivity contribution in [1.29, 1.82) is 0 Å². The largest absolute Gasteiger partial charge is 0.310 e. The van der Waals surface area contributed by atoms with Crippen LogP contribution in [0.25, 0.3) is 21.2 Å². The summed E-state index contributed by atoms with van der Waals surface area (Å²) in [4.78, 5) is 5.51. The zero-order chi connectivity index (χ0) is 50.0. The van der Waals surface area contributed by atoms with Gasteiger partial charge in [0.05, 0.1) is 11.4 Å². The molecule has 0 spiro atoms. The first-order chi connectivity index (χ1) is 32.6. The van der Waals surface area contributed by atoms with Gasteiger partial charge in [0.2, 0.25) is 0 Å². The van der Waals surface area contributed by atoms with Crippen LogP contribution in [-0.4, -0.2) is 6.71 Å². The molecule has 360 valence electrons. The molecule has 2 nitrogen and oxygen atoms in total. The lowest BCUT2D eigenvalue weighted by molar-refractivity contribution is 0.332. The predicted molar refractivity (Wildman–Crippen MR) is 308 cm³/mol. The van der Waals surface area contributed by atoms with E-state index < -0.39 is 0 Å². The fourth-order valence-corrected chi connectivity index (χ4v) is 14.2. The van der Waals surface area contributed by atoms with Gasteiger partial charge in [0.25, 0.3) is 6.71 Å². The van der Waals surface area contributed by atoms with E-state index in [0.717, 1.165) is 6.42 Å². The predicted octanol–water partition coefficient (Wildman–Crippen LogP) is 17.2. The van der Waals surface area contributed by atoms with Gasteiger partial charge in [0.1, 0.15) is 0 Å². The zero-order valence-electron chi connectivity index (χ0n) is 45.6. The van der Waals surface area contributed by atoms with Crippen LogP contribution in [0.3, 0.4) is 0 Å². The number of hydrogen-bond donors (Lipinski definition) is 0. The van der Waals surface area contributed by atoms with E-state index in [-0.39, 0.29) is 44.6 Å². The van der Waals surface area contributed by atoms with Crippen LogP contribution in [0.5, 0.6) is 0 Å². The SMILES string of the molecule is CC(C)(C)c1ccc(N2c3cc(C(C)(C)C)cc4c3B(c3ccc5c(c3N4c3ccc(C(C)(C)C)cc3-c3ccccc3)C(C)(C)CCC5(C)C)c3sc4cc5c(cc4c32)C(C)(C)CCC5(C)C)cc1. The third kappa shape index (κ3) is 7.22. The third-order valence-corrected chi connectivity index (χ3v) is 18.8. The Morgan fingerprint density at radius 2 is 1.01 bits per heavy atom. The quantitative estimate of drug-likeness (QED) is 0.163. The maximum atomic E-state index is 2.79. The molecule has 4 heteroatoms. The van der Waals surface area contributed by atoms with Crippen LogP contribution in [0, 0.1) is 0 Å². The zero-order valence-corrected chi connectivity index (χ0v) is 46.4. The monoisotopic (exact) mass is 941 g/mol. The summed E-state index contributed by atoms with van der Waals surface area (Å²) in [5, 5.41) is 1.39. The summed E-state index contributed by atoms with van der Waals surface area (Å²) in [6, 6.07) is 43.9. The van der Waals surface area contributed by atoms with Crippen molar-refractivity contribution in [2.24, 2.45) is 0 Å². The van der Waals surface area contributed by atoms with E-state index in [0.29, 0.717) is 0 Å². The van der Waals surface area contributed by atoms with Gasteiger partial charge in [-0.3, -0.25) is 0 Å². The molecule has 2 aliphatic carbocycles. The summed E-state index contributed by atoms with van der Waals surface area (Å²) in [6.45, 7) is 41.3. The lowest BCUT2D eigenvalue weighted by Crippen LogP contribution is -2.61. The number of nitrogens with zero attached hydrogens (tertiary/aromatic N) is 2. The topological polar surface area (TPSA) is 6.48 Å². The molecule has 0 fully saturated rings. The second-order valence-corrected chi connectivity index (χ2v) is 28.7. The highest BCUT2D eigenvalue weighted by Crippen LogP contribution is 2.57. The van der Waals surface area contributed by atoms with E-state index in [9.17, 15) is 0 Å². The Morgan fingerprint density at radius 1 is 0.471 bits per heavy atom. The Balaban J connectivity index is 1.33. The highest BCUT2D eigenvalue weighted by atomic mass is 32.1. The molecule has 70 heavy (non-hydrogen) atoms. The summed E-state index contributed by atoms with van der Waals surface area (Å²) in [5.41, 5.74) is 23.4. The minimum Gasteiger partial charge on any atom is -0.310 e. The number of rotatable bonds is 3. The van der Waals surface area contributed by atoms with Crippen molar-refractivity contribution in [3.05, 3.63) is 148 Å². The fourth-order valence-electron chi connectivity index (χ4n) is 12.9. The van der Waals surface area contributed by atoms with Gasteiger partial charge in [-0.25, -0.2) is 0 Å². The first-order valence-electron chi connectivity index (χ1n) is 26.5. The van der Waals surface area contributed by atoms with E-state index in [1.165, 1.54) is 129 Å². The molecule has 0 saturated heterocycles. The molecule has 6 aromatic carbocycles. The Hall–Kier alpha value is -5.06. The smallest absolute Gasteiger partial charge is 0.264 e. The molecule has 2 aliphatic heterocycles. The van der Waals surface area contributed by atoms with Crippen LogP contribution in [-0.2, 0) is 37.9 Å². The molecular weight excluding hydrogens is 864 g/mol. The summed E-state index contributed by atoms with van der Waals surface area (Å²) in [6.07, 6.45) is 4.69. The van der Waals surface area contributed by atoms with Gasteiger partial charge in [-0.15, -0.1) is 11.3 Å². The first-order valence-corrected chi connectivity index (χ1v) is 27.3. The lowest BCUT2D eigenvalue weighted by atomic mass is 9.35. The second kappa shape index (κ2) is 15.2. The van der Waals surface area contributed by atoms with Crippen molar-refractivity contribution in [2.75, 3.05) is 9.80 Å². The molecule has 0 atom stereocenters. The van der Waals surface area contributed by atoms with E-state index >= 15 is 0 Å². The number of anilines is 6. The summed E-state index contributed by atoms with van der Waals surface area (Å²) >= 11 is 2.07. The van der Waals surface area contributed by atoms with E-state index in [4.69, 9.17) is 0 Å². The molecule has 0 unspecified atom stereocenters. The highest BCUT2D eigenvalue weighted by molar-refractivity contribution is 7.33. The van der Waals surface area contributed by atoms with Crippen LogP contribution in [0.15, 0.2) is 109 Å². The Labute approximate surface area is 426 Å². The van der Waals surface area contributed by atoms with E-state index in [2.05, 4.69) is 248 Å². The average molecular weight is 941 g/mol. The van der Waals surface area contributed by atoms with Gasteiger partial charge in [-0.05, 0) is 168 Å². The van der Waals surface area contributed by atoms with Crippen LogP contribution >= 0.6 is 11.3 Å². The van der Waals surface area contributed by atoms with Crippen LogP contribution in [0.1, 0.15) is 182 Å². The minimum atomic E-state index is -0.129. The molecule has 0 radical (unpaired) electrons. The van der Waals surface area contributed by atoms with Crippen molar-refractivity contribution in [1.82, 2.24) is 0 Å². The van der Waals surface area contributed by atoms with Gasteiger partial charge in [-0.1, -0.05) is 178 Å². The summed E-state index contributed by atoms with van der Waals surface area (Å²) in [5.74, 6) is 0. The highest BCUT2D eigenvalue weighted by Gasteiger charge is 2.50. The van der Waals surface area contributed by atoms with E-state index in [1.54, 1.807) is 0 Å². The summed E-state index contributed by atoms with van der Waals surface area (Å²) in [7, 11) is 0. The lowest BCUT2D eigenvalue weighted by Gasteiger charge is -2.49. The van der Waals surface area contributed by atoms with Gasteiger partial charge in [-0.2, -0.15) is 0 Å². The third-order valence-electron chi connectivity index (χ3n) is 17.6. The van der Waals surface area contributed by atoms with Gasteiger partial charge in [0.15, 0.2) is 0 Å². The van der Waals surface area contributed by atoms with Gasteiger partial charge in [0, 0.05) is 43.2 Å². The Morgan fingerprint density at radius 3 is 1.61 bits per heavy atom. The molecule has 11 rings (SSSR count). The van der Waals surface area contributed by atoms with Crippen molar-refractivity contribution in [3.63, 3.8) is 0 Å². The van der Waals surface area contributed by atoms with Gasteiger partial charge < -0.3 is 9.80 Å². The van der Waals surface area contributed by atoms with Crippen molar-refractivity contribution in [3.8, 4) is 11.1 Å². The normalized spacial score (nSPS) is 18.5. The molecule has 4 aliphatic rings. The molecule has 7 aromatic rings. The van der Waals surface area contributed by atoms with Crippen molar-refractivity contribution in [2.45, 2.75) is 181 Å². The molecular formula is C66H77BN2S. The van der Waals surface area contributed by atoms with Gasteiger partial charge >= 0.3 is 0 Å². The number of thiophene rings is 1. The van der Waals surface area contributed by atoms with Crippen LogP contribution in [0.4, 0.5) is 34.1 Å². The fraction of sp³-hybridized carbons (Fsp3) is 0.424. The molecule has 0 amide bonds. The Bertz CT molecular complexity index is 3270. The Kier molecular flexibility index (Phi) is 10.3. The standard InChI is InChI=1S/C66H77BN2S/c1-60(2,3)41-23-26-44(27-24-41)68-52-36-43(62(7,8)9)37-53-56(52)67(59-57(68)46-38-48-49(39-54(46)70-59)65(14,15)32-31-64(48,12)13)50-29-28-47-55(66(16,17)34-33-63(47,10)11)58(50)69(53)51-30-25-42(61(4,5)6)35-45(51)40-21-19-18-20-22-40/h18-30,35-39H,31-34H2,1-17H3. The maximum Gasteiger partial charge on any atom is 0.264 e.